The van der Waals surface area contributed by atoms with Crippen molar-refractivity contribution in [3.8, 4) is 0 Å². The lowest BCUT2D eigenvalue weighted by atomic mass is 10.1. The van der Waals surface area contributed by atoms with Crippen LogP contribution in [-0.4, -0.2) is 24.6 Å². The Morgan fingerprint density at radius 2 is 2.06 bits per heavy atom. The number of imidazole rings is 1. The number of aromatic amines is 1. The van der Waals surface area contributed by atoms with Gasteiger partial charge in [-0.1, -0.05) is 13.8 Å². The molecule has 1 fully saturated rings. The Labute approximate surface area is 106 Å². The lowest BCUT2D eigenvalue weighted by Crippen LogP contribution is -1.96. The number of benzene rings is 1. The molecule has 1 heterocycles. The van der Waals surface area contributed by atoms with Crippen molar-refractivity contribution in [2.75, 3.05) is 6.26 Å². The molecular weight excluding hydrogens is 248 g/mol. The second-order valence-electron chi connectivity index (χ2n) is 5.82. The number of nitrogens with zero attached hydrogens (tertiary/aromatic N) is 1. The van der Waals surface area contributed by atoms with Crippen molar-refractivity contribution in [3.05, 3.63) is 24.0 Å². The summed E-state index contributed by atoms with van der Waals surface area (Å²) >= 11 is 0. The van der Waals surface area contributed by atoms with Crippen LogP contribution in [0.1, 0.15) is 32.0 Å². The lowest BCUT2D eigenvalue weighted by Gasteiger charge is -1.98. The van der Waals surface area contributed by atoms with Crippen molar-refractivity contribution in [1.29, 1.82) is 0 Å². The van der Waals surface area contributed by atoms with E-state index in [2.05, 4.69) is 23.8 Å². The summed E-state index contributed by atoms with van der Waals surface area (Å²) in [5.74, 6) is 1.44. The van der Waals surface area contributed by atoms with E-state index in [4.69, 9.17) is 0 Å². The third kappa shape index (κ3) is 1.82. The fraction of sp³-hybridized carbons (Fsp3) is 0.462. The third-order valence-electron chi connectivity index (χ3n) is 3.74. The van der Waals surface area contributed by atoms with Crippen LogP contribution in [0.5, 0.6) is 0 Å². The molecule has 5 heteroatoms. The molecule has 1 aliphatic rings. The summed E-state index contributed by atoms with van der Waals surface area (Å²) in [4.78, 5) is 8.13. The van der Waals surface area contributed by atoms with E-state index < -0.39 is 9.84 Å². The van der Waals surface area contributed by atoms with Gasteiger partial charge in [-0.15, -0.1) is 0 Å². The van der Waals surface area contributed by atoms with Crippen molar-refractivity contribution >= 4 is 20.9 Å². The molecule has 0 saturated heterocycles. The SMILES string of the molecule is CC1(C)CC1c1nc2ccc(S(C)(=O)=O)cc2[nH]1. The molecule has 3 rings (SSSR count). The average Bonchev–Trinajstić information content (AvgIpc) is 2.73. The average molecular weight is 264 g/mol. The maximum absolute atomic E-state index is 11.5. The second kappa shape index (κ2) is 3.35. The summed E-state index contributed by atoms with van der Waals surface area (Å²) < 4.78 is 23.0. The van der Waals surface area contributed by atoms with Gasteiger partial charge in [0.25, 0.3) is 0 Å². The van der Waals surface area contributed by atoms with Gasteiger partial charge in [0, 0.05) is 12.2 Å². The summed E-state index contributed by atoms with van der Waals surface area (Å²) in [6.07, 6.45) is 2.35. The van der Waals surface area contributed by atoms with Crippen LogP contribution in [0.4, 0.5) is 0 Å². The maximum Gasteiger partial charge on any atom is 0.175 e. The van der Waals surface area contributed by atoms with Gasteiger partial charge in [0.1, 0.15) is 5.82 Å². The molecule has 1 saturated carbocycles. The highest BCUT2D eigenvalue weighted by molar-refractivity contribution is 7.90. The van der Waals surface area contributed by atoms with Gasteiger partial charge < -0.3 is 4.98 Å². The number of aromatic nitrogens is 2. The number of rotatable bonds is 2. The molecule has 1 atom stereocenters. The minimum atomic E-state index is -3.16. The first-order valence-electron chi connectivity index (χ1n) is 5.97. The van der Waals surface area contributed by atoms with Gasteiger partial charge in [-0.25, -0.2) is 13.4 Å². The normalized spacial score (nSPS) is 22.3. The molecule has 4 nitrogen and oxygen atoms in total. The van der Waals surface area contributed by atoms with Crippen LogP contribution >= 0.6 is 0 Å². The molecule has 1 aliphatic carbocycles. The number of hydrogen-bond acceptors (Lipinski definition) is 3. The first-order valence-corrected chi connectivity index (χ1v) is 7.86. The number of hydrogen-bond donors (Lipinski definition) is 1. The fourth-order valence-electron chi connectivity index (χ4n) is 2.34. The fourth-order valence-corrected chi connectivity index (χ4v) is 2.99. The molecule has 0 aliphatic heterocycles. The van der Waals surface area contributed by atoms with Crippen molar-refractivity contribution in [2.45, 2.75) is 31.1 Å². The zero-order valence-electron chi connectivity index (χ0n) is 10.7. The first-order chi connectivity index (χ1) is 8.27. The molecule has 0 spiro atoms. The zero-order valence-corrected chi connectivity index (χ0v) is 11.5. The minimum Gasteiger partial charge on any atom is -0.342 e. The Kier molecular flexibility index (Phi) is 2.18. The van der Waals surface area contributed by atoms with Gasteiger partial charge in [0.15, 0.2) is 9.84 Å². The smallest absolute Gasteiger partial charge is 0.175 e. The van der Waals surface area contributed by atoms with Gasteiger partial charge >= 0.3 is 0 Å². The van der Waals surface area contributed by atoms with E-state index >= 15 is 0 Å². The molecule has 18 heavy (non-hydrogen) atoms. The van der Waals surface area contributed by atoms with E-state index in [1.54, 1.807) is 18.2 Å². The quantitative estimate of drug-likeness (QED) is 0.906. The molecular formula is C13H16N2O2S. The van der Waals surface area contributed by atoms with E-state index in [1.165, 1.54) is 6.26 Å². The monoisotopic (exact) mass is 264 g/mol. The number of fused-ring (bicyclic) bond motifs is 1. The van der Waals surface area contributed by atoms with E-state index in [-0.39, 0.29) is 0 Å². The predicted octanol–water partition coefficient (Wildman–Crippen LogP) is 2.48. The van der Waals surface area contributed by atoms with Gasteiger partial charge in [-0.05, 0) is 30.0 Å². The summed E-state index contributed by atoms with van der Waals surface area (Å²) in [7, 11) is -3.16. The lowest BCUT2D eigenvalue weighted by molar-refractivity contribution is 0.602. The number of H-pyrrole nitrogens is 1. The zero-order chi connectivity index (χ0) is 13.1. The van der Waals surface area contributed by atoms with Crippen LogP contribution in [0.15, 0.2) is 23.1 Å². The van der Waals surface area contributed by atoms with Crippen molar-refractivity contribution in [2.24, 2.45) is 5.41 Å². The molecule has 1 aromatic carbocycles. The van der Waals surface area contributed by atoms with Crippen LogP contribution < -0.4 is 0 Å². The number of sulfone groups is 1. The molecule has 1 unspecified atom stereocenters. The van der Waals surface area contributed by atoms with Crippen LogP contribution in [0, 0.1) is 5.41 Å². The Hall–Kier alpha value is -1.36. The number of nitrogens with one attached hydrogen (secondary N) is 1. The van der Waals surface area contributed by atoms with Crippen molar-refractivity contribution in [1.82, 2.24) is 9.97 Å². The molecule has 96 valence electrons. The van der Waals surface area contributed by atoms with E-state index in [0.29, 0.717) is 16.2 Å². The summed E-state index contributed by atoms with van der Waals surface area (Å²) in [5.41, 5.74) is 1.95. The van der Waals surface area contributed by atoms with Gasteiger partial charge in [0.2, 0.25) is 0 Å². The van der Waals surface area contributed by atoms with Gasteiger partial charge in [-0.2, -0.15) is 0 Å². The van der Waals surface area contributed by atoms with E-state index in [1.807, 2.05) is 0 Å². The van der Waals surface area contributed by atoms with Crippen molar-refractivity contribution in [3.63, 3.8) is 0 Å². The summed E-state index contributed by atoms with van der Waals surface area (Å²) in [6, 6.07) is 5.04. The second-order valence-corrected chi connectivity index (χ2v) is 7.83. The maximum atomic E-state index is 11.5. The predicted molar refractivity (Wildman–Crippen MR) is 70.3 cm³/mol. The Morgan fingerprint density at radius 1 is 1.39 bits per heavy atom. The Bertz CT molecular complexity index is 729. The van der Waals surface area contributed by atoms with Crippen LogP contribution in [0.25, 0.3) is 11.0 Å². The summed E-state index contributed by atoms with van der Waals surface area (Å²) in [5, 5.41) is 0. The highest BCUT2D eigenvalue weighted by Gasteiger charge is 2.48. The highest BCUT2D eigenvalue weighted by atomic mass is 32.2. The molecule has 1 N–H and O–H groups in total. The van der Waals surface area contributed by atoms with E-state index in [9.17, 15) is 8.42 Å². The third-order valence-corrected chi connectivity index (χ3v) is 4.85. The molecule has 1 aromatic heterocycles. The van der Waals surface area contributed by atoms with Crippen LogP contribution in [-0.2, 0) is 9.84 Å². The standard InChI is InChI=1S/C13H16N2O2S/c1-13(2)7-9(13)12-14-10-5-4-8(18(3,16)17)6-11(10)15-12/h4-6,9H,7H2,1-3H3,(H,14,15). The van der Waals surface area contributed by atoms with Crippen molar-refractivity contribution < 1.29 is 8.42 Å². The minimum absolute atomic E-state index is 0.313. The Morgan fingerprint density at radius 3 is 2.61 bits per heavy atom. The van der Waals surface area contributed by atoms with Crippen LogP contribution in [0.3, 0.4) is 0 Å². The highest BCUT2D eigenvalue weighted by Crippen LogP contribution is 2.57. The van der Waals surface area contributed by atoms with Gasteiger partial charge in [0.05, 0.1) is 15.9 Å². The topological polar surface area (TPSA) is 62.8 Å². The van der Waals surface area contributed by atoms with Gasteiger partial charge in [-0.3, -0.25) is 0 Å². The molecule has 0 amide bonds. The molecule has 2 aromatic rings. The van der Waals surface area contributed by atoms with E-state index in [0.717, 1.165) is 23.3 Å². The van der Waals surface area contributed by atoms with Crippen LogP contribution in [0.2, 0.25) is 0 Å². The Balaban J connectivity index is 2.08. The first kappa shape index (κ1) is 11.7. The largest absolute Gasteiger partial charge is 0.342 e. The molecule has 0 radical (unpaired) electrons. The molecule has 0 bridgehead atoms. The summed E-state index contributed by atoms with van der Waals surface area (Å²) in [6.45, 7) is 4.43.